The van der Waals surface area contributed by atoms with E-state index in [1.165, 1.54) is 53.5 Å². The Morgan fingerprint density at radius 3 is 2.52 bits per heavy atom. The average molecular weight is 279 g/mol. The van der Waals surface area contributed by atoms with Crippen LogP contribution in [0.5, 0.6) is 5.75 Å². The van der Waals surface area contributed by atoms with Crippen LogP contribution in [0, 0.1) is 0 Å². The van der Waals surface area contributed by atoms with E-state index in [9.17, 15) is 0 Å². The van der Waals surface area contributed by atoms with E-state index in [0.717, 1.165) is 24.3 Å². The zero-order valence-electron chi connectivity index (χ0n) is 12.3. The Hall–Kier alpha value is -1.80. The summed E-state index contributed by atoms with van der Waals surface area (Å²) >= 11 is 0. The van der Waals surface area contributed by atoms with E-state index in [1.54, 1.807) is 0 Å². The highest BCUT2D eigenvalue weighted by atomic mass is 16.5. The fourth-order valence-electron chi connectivity index (χ4n) is 3.62. The molecule has 2 aromatic rings. The lowest BCUT2D eigenvalue weighted by atomic mass is 9.88. The molecule has 0 amide bonds. The van der Waals surface area contributed by atoms with Crippen LogP contribution in [-0.4, -0.2) is 6.61 Å². The summed E-state index contributed by atoms with van der Waals surface area (Å²) in [5, 5.41) is 0. The molecule has 2 heteroatoms. The lowest BCUT2D eigenvalue weighted by Crippen LogP contribution is -2.03. The maximum atomic E-state index is 5.90. The zero-order valence-corrected chi connectivity index (χ0v) is 12.3. The number of aryl methyl sites for hydroxylation is 2. The van der Waals surface area contributed by atoms with Crippen LogP contribution in [-0.2, 0) is 25.8 Å². The normalized spacial score (nSPS) is 16.2. The third-order valence-corrected chi connectivity index (χ3v) is 4.76. The number of hydrogen-bond donors (Lipinski definition) is 1. The molecule has 1 heterocycles. The maximum absolute atomic E-state index is 5.90. The first kappa shape index (κ1) is 12.9. The molecule has 0 aromatic heterocycles. The van der Waals surface area contributed by atoms with Crippen molar-refractivity contribution < 1.29 is 4.74 Å². The van der Waals surface area contributed by atoms with Crippen LogP contribution in [0.25, 0.3) is 11.1 Å². The molecule has 4 rings (SSSR count). The Morgan fingerprint density at radius 1 is 0.857 bits per heavy atom. The fourth-order valence-corrected chi connectivity index (χ4v) is 3.62. The molecule has 0 radical (unpaired) electrons. The summed E-state index contributed by atoms with van der Waals surface area (Å²) in [4.78, 5) is 0. The highest BCUT2D eigenvalue weighted by molar-refractivity contribution is 5.69. The molecule has 21 heavy (non-hydrogen) atoms. The second kappa shape index (κ2) is 5.19. The van der Waals surface area contributed by atoms with Gasteiger partial charge in [-0.15, -0.1) is 0 Å². The molecule has 0 saturated heterocycles. The van der Waals surface area contributed by atoms with Gasteiger partial charge in [-0.05, 0) is 65.6 Å². The molecule has 1 aliphatic carbocycles. The number of rotatable bonds is 2. The third kappa shape index (κ3) is 2.24. The van der Waals surface area contributed by atoms with Gasteiger partial charge in [0.25, 0.3) is 0 Å². The summed E-state index contributed by atoms with van der Waals surface area (Å²) < 4.78 is 5.72. The topological polar surface area (TPSA) is 35.2 Å². The smallest absolute Gasteiger partial charge is 0.127 e. The molecular formula is C19H21NO. The van der Waals surface area contributed by atoms with Crippen LogP contribution in [0.4, 0.5) is 0 Å². The van der Waals surface area contributed by atoms with E-state index >= 15 is 0 Å². The van der Waals surface area contributed by atoms with Gasteiger partial charge in [0.15, 0.2) is 0 Å². The number of fused-ring (bicyclic) bond motifs is 2. The Balaban J connectivity index is 1.80. The van der Waals surface area contributed by atoms with Crippen molar-refractivity contribution >= 4 is 0 Å². The van der Waals surface area contributed by atoms with Gasteiger partial charge in [0.05, 0.1) is 6.61 Å². The molecule has 2 aromatic carbocycles. The molecule has 0 spiro atoms. The monoisotopic (exact) mass is 279 g/mol. The van der Waals surface area contributed by atoms with Gasteiger partial charge < -0.3 is 10.5 Å². The Kier molecular flexibility index (Phi) is 3.19. The molecule has 0 atom stereocenters. The number of benzene rings is 2. The number of nitrogens with two attached hydrogens (primary N) is 1. The summed E-state index contributed by atoms with van der Waals surface area (Å²) in [7, 11) is 0. The van der Waals surface area contributed by atoms with Crippen LogP contribution in [0.3, 0.4) is 0 Å². The van der Waals surface area contributed by atoms with Gasteiger partial charge in [-0.2, -0.15) is 0 Å². The molecular weight excluding hydrogens is 258 g/mol. The second-order valence-corrected chi connectivity index (χ2v) is 6.12. The Labute approximate surface area is 125 Å². The van der Waals surface area contributed by atoms with Crippen molar-refractivity contribution in [2.24, 2.45) is 5.73 Å². The standard InChI is InChI=1S/C19H21NO/c20-12-18-11-17(10-16-7-8-21-19(16)18)15-6-5-13-3-1-2-4-14(13)9-15/h5-6,9-11H,1-4,7-8,12,20H2. The van der Waals surface area contributed by atoms with Gasteiger partial charge in [0.1, 0.15) is 5.75 Å². The van der Waals surface area contributed by atoms with Crippen molar-refractivity contribution in [2.75, 3.05) is 6.61 Å². The largest absolute Gasteiger partial charge is 0.493 e. The number of ether oxygens (including phenoxy) is 1. The van der Waals surface area contributed by atoms with E-state index in [1.807, 2.05) is 0 Å². The van der Waals surface area contributed by atoms with Gasteiger partial charge >= 0.3 is 0 Å². The summed E-state index contributed by atoms with van der Waals surface area (Å²) in [6.07, 6.45) is 6.12. The van der Waals surface area contributed by atoms with E-state index in [2.05, 4.69) is 30.3 Å². The maximum Gasteiger partial charge on any atom is 0.127 e. The SMILES string of the molecule is NCc1cc(-c2ccc3c(c2)CCCC3)cc2c1OCC2. The molecule has 1 aliphatic heterocycles. The van der Waals surface area contributed by atoms with Gasteiger partial charge in [-0.25, -0.2) is 0 Å². The first-order valence-corrected chi connectivity index (χ1v) is 7.96. The Bertz CT molecular complexity index is 690. The molecule has 2 N–H and O–H groups in total. The van der Waals surface area contributed by atoms with E-state index in [-0.39, 0.29) is 0 Å². The van der Waals surface area contributed by atoms with Crippen molar-refractivity contribution in [3.05, 3.63) is 52.6 Å². The lowest BCUT2D eigenvalue weighted by molar-refractivity contribution is 0.353. The minimum atomic E-state index is 0.543. The molecule has 0 saturated carbocycles. The van der Waals surface area contributed by atoms with Crippen molar-refractivity contribution in [1.82, 2.24) is 0 Å². The van der Waals surface area contributed by atoms with Gasteiger partial charge in [-0.3, -0.25) is 0 Å². The van der Waals surface area contributed by atoms with Gasteiger partial charge in [0, 0.05) is 18.5 Å². The predicted molar refractivity (Wildman–Crippen MR) is 85.6 cm³/mol. The van der Waals surface area contributed by atoms with Gasteiger partial charge in [-0.1, -0.05) is 18.2 Å². The fraction of sp³-hybridized carbons (Fsp3) is 0.368. The molecule has 0 bridgehead atoms. The third-order valence-electron chi connectivity index (χ3n) is 4.76. The minimum Gasteiger partial charge on any atom is -0.493 e. The van der Waals surface area contributed by atoms with Crippen molar-refractivity contribution in [1.29, 1.82) is 0 Å². The quantitative estimate of drug-likeness (QED) is 0.911. The van der Waals surface area contributed by atoms with E-state index < -0.39 is 0 Å². The highest BCUT2D eigenvalue weighted by Crippen LogP contribution is 2.35. The second-order valence-electron chi connectivity index (χ2n) is 6.12. The highest BCUT2D eigenvalue weighted by Gasteiger charge is 2.18. The summed E-state index contributed by atoms with van der Waals surface area (Å²) in [6, 6.07) is 11.4. The summed E-state index contributed by atoms with van der Waals surface area (Å²) in [5.41, 5.74) is 14.0. The zero-order chi connectivity index (χ0) is 14.2. The predicted octanol–water partition coefficient (Wildman–Crippen LogP) is 3.63. The Morgan fingerprint density at radius 2 is 1.67 bits per heavy atom. The van der Waals surface area contributed by atoms with Crippen LogP contribution >= 0.6 is 0 Å². The van der Waals surface area contributed by atoms with Crippen LogP contribution in [0.15, 0.2) is 30.3 Å². The summed E-state index contributed by atoms with van der Waals surface area (Å²) in [5.74, 6) is 1.03. The molecule has 108 valence electrons. The van der Waals surface area contributed by atoms with E-state index in [4.69, 9.17) is 10.5 Å². The first-order chi connectivity index (χ1) is 10.3. The summed E-state index contributed by atoms with van der Waals surface area (Å²) in [6.45, 7) is 1.33. The van der Waals surface area contributed by atoms with Crippen molar-refractivity contribution in [3.63, 3.8) is 0 Å². The van der Waals surface area contributed by atoms with Crippen molar-refractivity contribution in [3.8, 4) is 16.9 Å². The number of hydrogen-bond acceptors (Lipinski definition) is 2. The van der Waals surface area contributed by atoms with Crippen LogP contribution in [0.1, 0.15) is 35.1 Å². The molecule has 0 fully saturated rings. The van der Waals surface area contributed by atoms with Crippen LogP contribution < -0.4 is 10.5 Å². The molecule has 2 nitrogen and oxygen atoms in total. The molecule has 2 aliphatic rings. The van der Waals surface area contributed by atoms with Crippen LogP contribution in [0.2, 0.25) is 0 Å². The minimum absolute atomic E-state index is 0.543. The van der Waals surface area contributed by atoms with Crippen molar-refractivity contribution in [2.45, 2.75) is 38.6 Å². The average Bonchev–Trinajstić information content (AvgIpc) is 3.02. The van der Waals surface area contributed by atoms with Gasteiger partial charge in [0.2, 0.25) is 0 Å². The lowest BCUT2D eigenvalue weighted by Gasteiger charge is -2.17. The molecule has 0 unspecified atom stereocenters. The van der Waals surface area contributed by atoms with E-state index in [0.29, 0.717) is 6.54 Å². The first-order valence-electron chi connectivity index (χ1n) is 7.96.